The van der Waals surface area contributed by atoms with E-state index in [1.54, 1.807) is 6.92 Å². The maximum Gasteiger partial charge on any atom is 0.341 e. The van der Waals surface area contributed by atoms with Crippen LogP contribution in [0.1, 0.15) is 25.0 Å². The molecule has 0 amide bonds. The predicted octanol–water partition coefficient (Wildman–Crippen LogP) is 3.49. The lowest BCUT2D eigenvalue weighted by Crippen LogP contribution is -2.47. The van der Waals surface area contributed by atoms with Gasteiger partial charge >= 0.3 is 5.97 Å². The Labute approximate surface area is 142 Å². The molecule has 3 atom stereocenters. The molecule has 1 aliphatic heterocycles. The van der Waals surface area contributed by atoms with E-state index in [1.165, 1.54) is 0 Å². The van der Waals surface area contributed by atoms with Gasteiger partial charge in [-0.1, -0.05) is 60.7 Å². The lowest BCUT2D eigenvalue weighted by molar-refractivity contribution is -0.167. The van der Waals surface area contributed by atoms with Gasteiger partial charge in [-0.3, -0.25) is 0 Å². The number of ether oxygens (including phenoxy) is 3. The Bertz CT molecular complexity index is 671. The highest BCUT2D eigenvalue weighted by Gasteiger charge is 2.55. The average Bonchev–Trinajstić information content (AvgIpc) is 2.82. The van der Waals surface area contributed by atoms with Gasteiger partial charge in [0.25, 0.3) is 0 Å². The van der Waals surface area contributed by atoms with Crippen molar-refractivity contribution in [3.63, 3.8) is 0 Å². The molecule has 3 rings (SSSR count). The molecule has 0 aliphatic carbocycles. The van der Waals surface area contributed by atoms with Crippen molar-refractivity contribution in [2.75, 3.05) is 0 Å². The fourth-order valence-corrected chi connectivity index (χ4v) is 2.91. The Hall–Kier alpha value is -2.17. The predicted molar refractivity (Wildman–Crippen MR) is 90.2 cm³/mol. The van der Waals surface area contributed by atoms with Crippen molar-refractivity contribution >= 4 is 5.97 Å². The molecular weight excluding hydrogens is 304 g/mol. The zero-order chi connectivity index (χ0) is 17.0. The van der Waals surface area contributed by atoms with Crippen LogP contribution in [0.2, 0.25) is 0 Å². The summed E-state index contributed by atoms with van der Waals surface area (Å²) >= 11 is 0. The van der Waals surface area contributed by atoms with Crippen LogP contribution in [0.25, 0.3) is 0 Å². The third-order valence-electron chi connectivity index (χ3n) is 4.32. The number of hydrogen-bond acceptors (Lipinski definition) is 4. The maximum atomic E-state index is 12.3. The summed E-state index contributed by atoms with van der Waals surface area (Å²) in [4.78, 5) is 12.3. The molecule has 2 aromatic rings. The zero-order valence-electron chi connectivity index (χ0n) is 14.0. The van der Waals surface area contributed by atoms with Crippen LogP contribution >= 0.6 is 0 Å². The van der Waals surface area contributed by atoms with E-state index in [0.717, 1.165) is 11.1 Å². The smallest absolute Gasteiger partial charge is 0.341 e. The molecule has 24 heavy (non-hydrogen) atoms. The van der Waals surface area contributed by atoms with Gasteiger partial charge in [-0.2, -0.15) is 0 Å². The molecule has 0 aromatic heterocycles. The van der Waals surface area contributed by atoms with Crippen LogP contribution < -0.4 is 0 Å². The van der Waals surface area contributed by atoms with Crippen molar-refractivity contribution in [3.05, 3.63) is 71.8 Å². The van der Waals surface area contributed by atoms with Crippen LogP contribution in [0.5, 0.6) is 0 Å². The van der Waals surface area contributed by atoms with Crippen LogP contribution in [0.3, 0.4) is 0 Å². The molecule has 4 heteroatoms. The molecular formula is C20H22O4. The minimum atomic E-state index is -1.11. The Kier molecular flexibility index (Phi) is 4.97. The zero-order valence-corrected chi connectivity index (χ0v) is 14.0. The first kappa shape index (κ1) is 16.7. The minimum Gasteiger partial charge on any atom is -0.458 e. The lowest BCUT2D eigenvalue weighted by atomic mass is 9.98. The van der Waals surface area contributed by atoms with Crippen LogP contribution in [-0.4, -0.2) is 23.8 Å². The number of hydrogen-bond donors (Lipinski definition) is 0. The summed E-state index contributed by atoms with van der Waals surface area (Å²) in [5.41, 5.74) is 0.951. The molecule has 1 fully saturated rings. The molecule has 0 spiro atoms. The van der Waals surface area contributed by atoms with Gasteiger partial charge in [0.15, 0.2) is 5.60 Å². The van der Waals surface area contributed by atoms with Gasteiger partial charge in [0.05, 0.1) is 13.2 Å². The fourth-order valence-electron chi connectivity index (χ4n) is 2.91. The van der Waals surface area contributed by atoms with Gasteiger partial charge in [0.1, 0.15) is 12.2 Å². The van der Waals surface area contributed by atoms with E-state index in [9.17, 15) is 4.79 Å². The summed E-state index contributed by atoms with van der Waals surface area (Å²) in [6, 6.07) is 19.6. The first-order valence-electron chi connectivity index (χ1n) is 8.14. The highest BCUT2D eigenvalue weighted by molar-refractivity contribution is 5.82. The molecule has 0 saturated carbocycles. The van der Waals surface area contributed by atoms with Crippen molar-refractivity contribution in [1.29, 1.82) is 0 Å². The number of esters is 1. The van der Waals surface area contributed by atoms with Crippen LogP contribution in [-0.2, 0) is 32.2 Å². The number of carbonyl (C=O) groups is 1. The highest BCUT2D eigenvalue weighted by Crippen LogP contribution is 2.33. The molecule has 126 valence electrons. The van der Waals surface area contributed by atoms with Crippen LogP contribution in [0.4, 0.5) is 0 Å². The molecule has 0 bridgehead atoms. The first-order chi connectivity index (χ1) is 11.6. The van der Waals surface area contributed by atoms with Crippen LogP contribution in [0, 0.1) is 0 Å². The van der Waals surface area contributed by atoms with Gasteiger partial charge in [-0.15, -0.1) is 0 Å². The normalized spacial score (nSPS) is 26.3. The third-order valence-corrected chi connectivity index (χ3v) is 4.32. The van der Waals surface area contributed by atoms with Gasteiger partial charge in [-0.05, 0) is 25.0 Å². The lowest BCUT2D eigenvalue weighted by Gasteiger charge is -2.28. The topological polar surface area (TPSA) is 44.8 Å². The molecule has 4 nitrogen and oxygen atoms in total. The van der Waals surface area contributed by atoms with Crippen molar-refractivity contribution in [2.45, 2.75) is 44.9 Å². The van der Waals surface area contributed by atoms with Crippen molar-refractivity contribution in [1.82, 2.24) is 0 Å². The molecule has 0 radical (unpaired) electrons. The fraction of sp³-hybridized carbons (Fsp3) is 0.350. The van der Waals surface area contributed by atoms with E-state index in [0.29, 0.717) is 13.2 Å². The molecule has 1 heterocycles. The summed E-state index contributed by atoms with van der Waals surface area (Å²) in [5, 5.41) is 0. The monoisotopic (exact) mass is 326 g/mol. The Balaban J connectivity index is 1.69. The quantitative estimate of drug-likeness (QED) is 0.762. The van der Waals surface area contributed by atoms with Gasteiger partial charge < -0.3 is 14.2 Å². The molecule has 1 saturated heterocycles. The second-order valence-corrected chi connectivity index (χ2v) is 6.21. The molecule has 1 unspecified atom stereocenters. The van der Waals surface area contributed by atoms with E-state index >= 15 is 0 Å². The number of cyclic esters (lactones) is 1. The summed E-state index contributed by atoms with van der Waals surface area (Å²) in [6.07, 6.45) is -0.795. The molecule has 2 aromatic carbocycles. The Morgan fingerprint density at radius 1 is 0.958 bits per heavy atom. The van der Waals surface area contributed by atoms with Gasteiger partial charge in [0.2, 0.25) is 0 Å². The second-order valence-electron chi connectivity index (χ2n) is 6.21. The van der Waals surface area contributed by atoms with E-state index in [4.69, 9.17) is 14.2 Å². The van der Waals surface area contributed by atoms with Crippen molar-refractivity contribution in [3.8, 4) is 0 Å². The van der Waals surface area contributed by atoms with Crippen LogP contribution in [0.15, 0.2) is 60.7 Å². The van der Waals surface area contributed by atoms with Gasteiger partial charge in [0, 0.05) is 0 Å². The summed E-state index contributed by atoms with van der Waals surface area (Å²) in [5.74, 6) is -0.371. The van der Waals surface area contributed by atoms with E-state index in [1.807, 2.05) is 67.6 Å². The van der Waals surface area contributed by atoms with Gasteiger partial charge in [-0.25, -0.2) is 4.79 Å². The summed E-state index contributed by atoms with van der Waals surface area (Å²) in [6.45, 7) is 4.34. The largest absolute Gasteiger partial charge is 0.458 e. The molecule has 1 aliphatic rings. The second kappa shape index (κ2) is 7.16. The summed E-state index contributed by atoms with van der Waals surface area (Å²) in [7, 11) is 0. The van der Waals surface area contributed by atoms with Crippen molar-refractivity contribution in [2.24, 2.45) is 0 Å². The minimum absolute atomic E-state index is 0.338. The molecule has 0 N–H and O–H groups in total. The highest BCUT2D eigenvalue weighted by atomic mass is 16.6. The maximum absolute atomic E-state index is 12.3. The average molecular weight is 326 g/mol. The van der Waals surface area contributed by atoms with Crippen molar-refractivity contribution < 1.29 is 19.0 Å². The Morgan fingerprint density at radius 3 is 2.08 bits per heavy atom. The standard InChI is InChI=1S/C20H22O4/c1-15-18(22-13-16-9-5-3-6-10-16)20(2,19(21)24-15)23-14-17-11-7-4-8-12-17/h3-12,15,18H,13-14H2,1-2H3/t15?,18-,20-/m1/s1. The Morgan fingerprint density at radius 2 is 1.50 bits per heavy atom. The SMILES string of the molecule is CC1OC(=O)[C@](C)(OCc2ccccc2)[C@@H]1OCc1ccccc1. The van der Waals surface area contributed by atoms with E-state index in [-0.39, 0.29) is 12.1 Å². The number of benzene rings is 2. The first-order valence-corrected chi connectivity index (χ1v) is 8.14. The number of carbonyl (C=O) groups excluding carboxylic acids is 1. The third kappa shape index (κ3) is 3.50. The summed E-state index contributed by atoms with van der Waals surface area (Å²) < 4.78 is 17.3. The number of rotatable bonds is 6. The van der Waals surface area contributed by atoms with E-state index in [2.05, 4.69) is 0 Å². The van der Waals surface area contributed by atoms with E-state index < -0.39 is 11.7 Å².